The Kier molecular flexibility index (Phi) is 5.53. The van der Waals surface area contributed by atoms with E-state index in [-0.39, 0.29) is 17.7 Å². The van der Waals surface area contributed by atoms with Gasteiger partial charge in [0.05, 0.1) is 5.92 Å². The standard InChI is InChI=1S/C19H23ClN4O/c1-14(2)17(15-4-6-16(20)7-5-15)18(25)23-10-12-24(13-11-23)19-21-8-3-9-22-19/h3-9,14,17H,10-13H2,1-2H3/t17-/m1/s1. The van der Waals surface area contributed by atoms with Gasteiger partial charge in [0.1, 0.15) is 0 Å². The van der Waals surface area contributed by atoms with Crippen LogP contribution in [-0.4, -0.2) is 47.0 Å². The first-order valence-corrected chi connectivity index (χ1v) is 9.00. The van der Waals surface area contributed by atoms with Crippen molar-refractivity contribution < 1.29 is 4.79 Å². The van der Waals surface area contributed by atoms with Gasteiger partial charge >= 0.3 is 0 Å². The fourth-order valence-electron chi connectivity index (χ4n) is 3.26. The largest absolute Gasteiger partial charge is 0.339 e. The van der Waals surface area contributed by atoms with Crippen molar-refractivity contribution >= 4 is 23.5 Å². The summed E-state index contributed by atoms with van der Waals surface area (Å²) >= 11 is 5.99. The van der Waals surface area contributed by atoms with E-state index in [4.69, 9.17) is 11.6 Å². The molecule has 6 heteroatoms. The van der Waals surface area contributed by atoms with Crippen molar-refractivity contribution in [3.05, 3.63) is 53.3 Å². The molecule has 1 aromatic heterocycles. The van der Waals surface area contributed by atoms with Crippen molar-refractivity contribution in [3.63, 3.8) is 0 Å². The third kappa shape index (κ3) is 4.10. The maximum atomic E-state index is 13.1. The summed E-state index contributed by atoms with van der Waals surface area (Å²) in [6.45, 7) is 7.06. The van der Waals surface area contributed by atoms with Gasteiger partial charge in [-0.2, -0.15) is 0 Å². The number of hydrogen-bond acceptors (Lipinski definition) is 4. The average molecular weight is 359 g/mol. The molecule has 132 valence electrons. The maximum absolute atomic E-state index is 13.1. The third-order valence-electron chi connectivity index (χ3n) is 4.59. The summed E-state index contributed by atoms with van der Waals surface area (Å²) < 4.78 is 0. The molecule has 2 aromatic rings. The van der Waals surface area contributed by atoms with Gasteiger partial charge in [-0.05, 0) is 29.7 Å². The number of carbonyl (C=O) groups excluding carboxylic acids is 1. The molecule has 1 aromatic carbocycles. The van der Waals surface area contributed by atoms with Crippen molar-refractivity contribution in [2.75, 3.05) is 31.1 Å². The average Bonchev–Trinajstić information content (AvgIpc) is 2.64. The summed E-state index contributed by atoms with van der Waals surface area (Å²) in [7, 11) is 0. The fraction of sp³-hybridized carbons (Fsp3) is 0.421. The predicted octanol–water partition coefficient (Wildman–Crippen LogP) is 3.22. The Hall–Kier alpha value is -2.14. The molecule has 2 heterocycles. The molecule has 1 atom stereocenters. The highest BCUT2D eigenvalue weighted by Gasteiger charge is 2.31. The second-order valence-corrected chi connectivity index (χ2v) is 7.07. The third-order valence-corrected chi connectivity index (χ3v) is 4.84. The molecule has 1 amide bonds. The van der Waals surface area contributed by atoms with Gasteiger partial charge in [-0.15, -0.1) is 0 Å². The van der Waals surface area contributed by atoms with Crippen LogP contribution in [0.5, 0.6) is 0 Å². The van der Waals surface area contributed by atoms with E-state index in [9.17, 15) is 4.79 Å². The number of benzene rings is 1. The van der Waals surface area contributed by atoms with Crippen LogP contribution in [0.2, 0.25) is 5.02 Å². The van der Waals surface area contributed by atoms with Crippen LogP contribution in [0.15, 0.2) is 42.7 Å². The second-order valence-electron chi connectivity index (χ2n) is 6.63. The van der Waals surface area contributed by atoms with Crippen LogP contribution in [-0.2, 0) is 4.79 Å². The molecule has 0 unspecified atom stereocenters. The zero-order valence-corrected chi connectivity index (χ0v) is 15.4. The number of aromatic nitrogens is 2. The molecule has 3 rings (SSSR count). The van der Waals surface area contributed by atoms with E-state index in [2.05, 4.69) is 28.7 Å². The van der Waals surface area contributed by atoms with Gasteiger partial charge in [0.25, 0.3) is 0 Å². The molecule has 0 radical (unpaired) electrons. The van der Waals surface area contributed by atoms with Gasteiger partial charge < -0.3 is 9.80 Å². The molecule has 1 aliphatic rings. The summed E-state index contributed by atoms with van der Waals surface area (Å²) in [4.78, 5) is 25.8. The Morgan fingerprint density at radius 1 is 1.04 bits per heavy atom. The number of rotatable bonds is 4. The second kappa shape index (κ2) is 7.83. The minimum atomic E-state index is -0.142. The molecule has 1 saturated heterocycles. The lowest BCUT2D eigenvalue weighted by molar-refractivity contribution is -0.134. The molecule has 1 aliphatic heterocycles. The summed E-state index contributed by atoms with van der Waals surface area (Å²) in [6.07, 6.45) is 3.49. The molecule has 25 heavy (non-hydrogen) atoms. The lowest BCUT2D eigenvalue weighted by atomic mass is 9.87. The minimum Gasteiger partial charge on any atom is -0.339 e. The number of nitrogens with zero attached hydrogens (tertiary/aromatic N) is 4. The molecule has 5 nitrogen and oxygen atoms in total. The summed E-state index contributed by atoms with van der Waals surface area (Å²) in [5.41, 5.74) is 1.03. The van der Waals surface area contributed by atoms with E-state index >= 15 is 0 Å². The zero-order chi connectivity index (χ0) is 17.8. The SMILES string of the molecule is CC(C)[C@@H](C(=O)N1CCN(c2ncccn2)CC1)c1ccc(Cl)cc1. The molecule has 1 fully saturated rings. The number of anilines is 1. The lowest BCUT2D eigenvalue weighted by Gasteiger charge is -2.37. The molecule has 0 aliphatic carbocycles. The Labute approximate surface area is 153 Å². The van der Waals surface area contributed by atoms with Crippen molar-refractivity contribution in [3.8, 4) is 0 Å². The smallest absolute Gasteiger partial charge is 0.230 e. The summed E-state index contributed by atoms with van der Waals surface area (Å²) in [5.74, 6) is 1.000. The minimum absolute atomic E-state index is 0.142. The van der Waals surface area contributed by atoms with Crippen molar-refractivity contribution in [2.24, 2.45) is 5.92 Å². The molecule has 0 spiro atoms. The van der Waals surface area contributed by atoms with Crippen LogP contribution in [0.25, 0.3) is 0 Å². The van der Waals surface area contributed by atoms with Gasteiger partial charge in [0.2, 0.25) is 11.9 Å². The highest BCUT2D eigenvalue weighted by atomic mass is 35.5. The fourth-order valence-corrected chi connectivity index (χ4v) is 3.39. The Morgan fingerprint density at radius 3 is 2.20 bits per heavy atom. The number of amides is 1. The van der Waals surface area contributed by atoms with E-state index in [1.807, 2.05) is 35.2 Å². The van der Waals surface area contributed by atoms with Gasteiger partial charge in [-0.25, -0.2) is 9.97 Å². The summed E-state index contributed by atoms with van der Waals surface area (Å²) in [6, 6.07) is 9.43. The van der Waals surface area contributed by atoms with E-state index in [0.717, 1.165) is 24.6 Å². The first-order chi connectivity index (χ1) is 12.1. The Balaban J connectivity index is 1.68. The molecular weight excluding hydrogens is 336 g/mol. The maximum Gasteiger partial charge on any atom is 0.230 e. The topological polar surface area (TPSA) is 49.3 Å². The number of hydrogen-bond donors (Lipinski definition) is 0. The van der Waals surface area contributed by atoms with Crippen LogP contribution in [0, 0.1) is 5.92 Å². The van der Waals surface area contributed by atoms with Gasteiger partial charge in [-0.3, -0.25) is 4.79 Å². The predicted molar refractivity (Wildman–Crippen MR) is 99.9 cm³/mol. The lowest BCUT2D eigenvalue weighted by Crippen LogP contribution is -2.51. The number of carbonyl (C=O) groups is 1. The van der Waals surface area contributed by atoms with Crippen LogP contribution < -0.4 is 4.90 Å². The highest BCUT2D eigenvalue weighted by molar-refractivity contribution is 6.30. The van der Waals surface area contributed by atoms with Crippen LogP contribution in [0.1, 0.15) is 25.3 Å². The zero-order valence-electron chi connectivity index (χ0n) is 14.6. The van der Waals surface area contributed by atoms with Gasteiger partial charge in [0, 0.05) is 43.6 Å². The van der Waals surface area contributed by atoms with Crippen LogP contribution >= 0.6 is 11.6 Å². The van der Waals surface area contributed by atoms with E-state index in [1.54, 1.807) is 12.4 Å². The van der Waals surface area contributed by atoms with Crippen LogP contribution in [0.3, 0.4) is 0 Å². The molecule has 0 bridgehead atoms. The summed E-state index contributed by atoms with van der Waals surface area (Å²) in [5, 5.41) is 0.690. The van der Waals surface area contributed by atoms with Gasteiger partial charge in [-0.1, -0.05) is 37.6 Å². The Bertz CT molecular complexity index is 697. The first-order valence-electron chi connectivity index (χ1n) is 8.62. The van der Waals surface area contributed by atoms with Crippen molar-refractivity contribution in [1.29, 1.82) is 0 Å². The number of halogens is 1. The van der Waals surface area contributed by atoms with E-state index in [1.165, 1.54) is 0 Å². The Morgan fingerprint density at radius 2 is 1.64 bits per heavy atom. The monoisotopic (exact) mass is 358 g/mol. The quantitative estimate of drug-likeness (QED) is 0.842. The van der Waals surface area contributed by atoms with Crippen LogP contribution in [0.4, 0.5) is 5.95 Å². The van der Waals surface area contributed by atoms with Gasteiger partial charge in [0.15, 0.2) is 0 Å². The normalized spacial score (nSPS) is 16.2. The first kappa shape index (κ1) is 17.7. The highest BCUT2D eigenvalue weighted by Crippen LogP contribution is 2.28. The number of piperazine rings is 1. The van der Waals surface area contributed by atoms with E-state index in [0.29, 0.717) is 18.1 Å². The molecule has 0 N–H and O–H groups in total. The van der Waals surface area contributed by atoms with Crippen molar-refractivity contribution in [2.45, 2.75) is 19.8 Å². The molecular formula is C19H23ClN4O. The molecule has 0 saturated carbocycles. The van der Waals surface area contributed by atoms with Crippen molar-refractivity contribution in [1.82, 2.24) is 14.9 Å². The van der Waals surface area contributed by atoms with E-state index < -0.39 is 0 Å².